The molecular weight excluding hydrogens is 307 g/mol. The highest BCUT2D eigenvalue weighted by molar-refractivity contribution is 6.43. The van der Waals surface area contributed by atoms with Crippen molar-refractivity contribution in [3.63, 3.8) is 0 Å². The third kappa shape index (κ3) is 3.87. The number of carboxylic acids is 1. The molecule has 1 amide bonds. The third-order valence-corrected chi connectivity index (χ3v) is 3.13. The summed E-state index contributed by atoms with van der Waals surface area (Å²) in [6.45, 7) is 0. The minimum absolute atomic E-state index is 0.126. The fraction of sp³-hybridized carbons (Fsp3) is 0.154. The van der Waals surface area contributed by atoms with E-state index in [-0.39, 0.29) is 23.3 Å². The van der Waals surface area contributed by atoms with E-state index in [1.807, 2.05) is 0 Å². The zero-order valence-electron chi connectivity index (χ0n) is 11.7. The lowest BCUT2D eigenvalue weighted by Gasteiger charge is -2.18. The van der Waals surface area contributed by atoms with E-state index >= 15 is 0 Å². The maximum absolute atomic E-state index is 11.8. The minimum atomic E-state index is -1.94. The number of rotatable bonds is 6. The van der Waals surface area contributed by atoms with Gasteiger partial charge in [0.15, 0.2) is 0 Å². The standard InChI is InChI=1S/C13H13BN2O7/c17-11-7(2-1-3-8(11)13(19)20)6-10(14(21)22)16-12(18)9-4-5-15-23-9/h1-5,10,17,21-22H,6H2,(H,16,18)(H,19,20). The molecule has 2 aromatic rings. The van der Waals surface area contributed by atoms with Crippen molar-refractivity contribution in [2.75, 3.05) is 0 Å². The van der Waals surface area contributed by atoms with Crippen molar-refractivity contribution in [3.05, 3.63) is 47.3 Å². The van der Waals surface area contributed by atoms with Crippen LogP contribution in [0, 0.1) is 0 Å². The minimum Gasteiger partial charge on any atom is -0.507 e. The van der Waals surface area contributed by atoms with Crippen LogP contribution in [0.4, 0.5) is 0 Å². The molecule has 23 heavy (non-hydrogen) atoms. The first-order chi connectivity index (χ1) is 10.9. The summed E-state index contributed by atoms with van der Waals surface area (Å²) in [4.78, 5) is 22.8. The fourth-order valence-corrected chi connectivity index (χ4v) is 1.97. The first kappa shape index (κ1) is 16.5. The molecule has 0 radical (unpaired) electrons. The fourth-order valence-electron chi connectivity index (χ4n) is 1.97. The summed E-state index contributed by atoms with van der Waals surface area (Å²) < 4.78 is 4.65. The maximum Gasteiger partial charge on any atom is 0.475 e. The second-order valence-corrected chi connectivity index (χ2v) is 4.69. The van der Waals surface area contributed by atoms with Crippen molar-refractivity contribution in [3.8, 4) is 5.75 Å². The first-order valence-corrected chi connectivity index (χ1v) is 6.52. The Morgan fingerprint density at radius 1 is 1.30 bits per heavy atom. The number of nitrogens with one attached hydrogen (secondary N) is 1. The van der Waals surface area contributed by atoms with Gasteiger partial charge in [0.2, 0.25) is 5.76 Å². The maximum atomic E-state index is 11.8. The Bertz CT molecular complexity index is 702. The SMILES string of the molecule is O=C(NC(Cc1cccc(C(=O)O)c1O)B(O)O)c1ccno1. The topological polar surface area (TPSA) is 153 Å². The first-order valence-electron chi connectivity index (χ1n) is 6.52. The number of phenols is 1. The van der Waals surface area contributed by atoms with Crippen molar-refractivity contribution in [1.82, 2.24) is 10.5 Å². The van der Waals surface area contributed by atoms with E-state index in [0.29, 0.717) is 0 Å². The van der Waals surface area contributed by atoms with Crippen LogP contribution in [-0.2, 0) is 6.42 Å². The second-order valence-electron chi connectivity index (χ2n) is 4.69. The number of benzene rings is 1. The van der Waals surface area contributed by atoms with Crippen LogP contribution in [0.1, 0.15) is 26.5 Å². The van der Waals surface area contributed by atoms with Crippen LogP contribution in [0.15, 0.2) is 35.0 Å². The van der Waals surface area contributed by atoms with E-state index in [9.17, 15) is 24.7 Å². The van der Waals surface area contributed by atoms with Crippen LogP contribution >= 0.6 is 0 Å². The number of hydrogen-bond acceptors (Lipinski definition) is 7. The molecule has 1 aromatic heterocycles. The molecule has 10 heteroatoms. The zero-order chi connectivity index (χ0) is 17.0. The Morgan fingerprint density at radius 3 is 2.61 bits per heavy atom. The van der Waals surface area contributed by atoms with Crippen molar-refractivity contribution >= 4 is 19.0 Å². The highest BCUT2D eigenvalue weighted by Gasteiger charge is 2.28. The summed E-state index contributed by atoms with van der Waals surface area (Å²) in [6.07, 6.45) is 1.05. The van der Waals surface area contributed by atoms with Gasteiger partial charge in [-0.15, -0.1) is 0 Å². The molecule has 0 aliphatic carbocycles. The number of aromatic nitrogens is 1. The smallest absolute Gasteiger partial charge is 0.475 e. The summed E-state index contributed by atoms with van der Waals surface area (Å²) in [5, 5.41) is 43.3. The molecule has 0 fully saturated rings. The van der Waals surface area contributed by atoms with Gasteiger partial charge in [-0.05, 0) is 18.1 Å². The Kier molecular flexibility index (Phi) is 4.99. The molecule has 5 N–H and O–H groups in total. The predicted molar refractivity (Wildman–Crippen MR) is 76.7 cm³/mol. The molecule has 0 saturated heterocycles. The number of carbonyl (C=O) groups is 2. The van der Waals surface area contributed by atoms with Gasteiger partial charge in [0.05, 0.1) is 12.1 Å². The van der Waals surface area contributed by atoms with Crippen LogP contribution in [0.2, 0.25) is 0 Å². The van der Waals surface area contributed by atoms with Crippen LogP contribution in [0.25, 0.3) is 0 Å². The molecule has 0 saturated carbocycles. The van der Waals surface area contributed by atoms with E-state index in [2.05, 4.69) is 15.0 Å². The van der Waals surface area contributed by atoms with Gasteiger partial charge in [0, 0.05) is 6.07 Å². The normalized spacial score (nSPS) is 11.7. The van der Waals surface area contributed by atoms with Crippen LogP contribution < -0.4 is 5.32 Å². The quantitative estimate of drug-likeness (QED) is 0.444. The lowest BCUT2D eigenvalue weighted by molar-refractivity contribution is 0.0693. The summed E-state index contributed by atoms with van der Waals surface area (Å²) in [5.41, 5.74) is -0.184. The predicted octanol–water partition coefficient (Wildman–Crippen LogP) is -0.569. The molecule has 0 aliphatic heterocycles. The molecular formula is C13H13BN2O7. The zero-order valence-corrected chi connectivity index (χ0v) is 11.7. The molecule has 0 bridgehead atoms. The number of para-hydroxylation sites is 1. The lowest BCUT2D eigenvalue weighted by atomic mass is 9.75. The van der Waals surface area contributed by atoms with Gasteiger partial charge < -0.3 is 30.1 Å². The largest absolute Gasteiger partial charge is 0.507 e. The van der Waals surface area contributed by atoms with Crippen LogP contribution in [0.5, 0.6) is 5.75 Å². The average molecular weight is 320 g/mol. The molecule has 9 nitrogen and oxygen atoms in total. The number of aromatic carboxylic acids is 1. The second kappa shape index (κ2) is 6.94. The highest BCUT2D eigenvalue weighted by atomic mass is 16.5. The molecule has 1 heterocycles. The van der Waals surface area contributed by atoms with Gasteiger partial charge in [-0.2, -0.15) is 0 Å². The molecule has 120 valence electrons. The van der Waals surface area contributed by atoms with E-state index in [1.54, 1.807) is 0 Å². The summed E-state index contributed by atoms with van der Waals surface area (Å²) in [7, 11) is -1.94. The van der Waals surface area contributed by atoms with Gasteiger partial charge in [0.25, 0.3) is 5.91 Å². The molecule has 2 rings (SSSR count). The Balaban J connectivity index is 2.19. The van der Waals surface area contributed by atoms with E-state index in [4.69, 9.17) is 5.11 Å². The average Bonchev–Trinajstić information content (AvgIpc) is 3.02. The van der Waals surface area contributed by atoms with Gasteiger partial charge >= 0.3 is 13.1 Å². The monoisotopic (exact) mass is 320 g/mol. The van der Waals surface area contributed by atoms with Crippen molar-refractivity contribution in [1.29, 1.82) is 0 Å². The molecule has 1 unspecified atom stereocenters. The Morgan fingerprint density at radius 2 is 2.04 bits per heavy atom. The van der Waals surface area contributed by atoms with Crippen molar-refractivity contribution in [2.24, 2.45) is 0 Å². The van der Waals surface area contributed by atoms with E-state index < -0.39 is 30.7 Å². The molecule has 1 aromatic carbocycles. The number of carbonyl (C=O) groups excluding carboxylic acids is 1. The van der Waals surface area contributed by atoms with E-state index in [1.165, 1.54) is 30.5 Å². The third-order valence-electron chi connectivity index (χ3n) is 3.13. The van der Waals surface area contributed by atoms with Crippen LogP contribution in [-0.4, -0.2) is 50.4 Å². The summed E-state index contributed by atoms with van der Waals surface area (Å²) >= 11 is 0. The molecule has 1 atom stereocenters. The van der Waals surface area contributed by atoms with Crippen molar-refractivity contribution in [2.45, 2.75) is 12.4 Å². The summed E-state index contributed by atoms with van der Waals surface area (Å²) in [5.74, 6) is -3.87. The van der Waals surface area contributed by atoms with E-state index in [0.717, 1.165) is 0 Å². The Hall–Kier alpha value is -2.85. The van der Waals surface area contributed by atoms with Gasteiger partial charge in [-0.3, -0.25) is 4.79 Å². The Labute approximate surface area is 130 Å². The van der Waals surface area contributed by atoms with Crippen molar-refractivity contribution < 1.29 is 34.4 Å². The molecule has 0 aliphatic rings. The highest BCUT2D eigenvalue weighted by Crippen LogP contribution is 2.24. The lowest BCUT2D eigenvalue weighted by Crippen LogP contribution is -2.47. The number of aromatic hydroxyl groups is 1. The number of carboxylic acid groups (broad SMARTS) is 1. The van der Waals surface area contributed by atoms with Gasteiger partial charge in [0.1, 0.15) is 11.3 Å². The number of nitrogens with zero attached hydrogens (tertiary/aromatic N) is 1. The van der Waals surface area contributed by atoms with Gasteiger partial charge in [-0.25, -0.2) is 4.79 Å². The number of hydrogen-bond donors (Lipinski definition) is 5. The van der Waals surface area contributed by atoms with Gasteiger partial charge in [-0.1, -0.05) is 17.3 Å². The number of amides is 1. The molecule has 0 spiro atoms. The summed E-state index contributed by atoms with van der Waals surface area (Å²) in [6, 6.07) is 5.31. The van der Waals surface area contributed by atoms with Crippen LogP contribution in [0.3, 0.4) is 0 Å².